The third-order valence-corrected chi connectivity index (χ3v) is 5.57. The van der Waals surface area contributed by atoms with Crippen LogP contribution >= 0.6 is 0 Å². The van der Waals surface area contributed by atoms with E-state index in [2.05, 4.69) is 4.98 Å². The maximum absolute atomic E-state index is 12.9. The molecule has 1 aromatic heterocycles. The average molecular weight is 449 g/mol. The topological polar surface area (TPSA) is 103 Å². The fraction of sp³-hybridized carbons (Fsp3) is 0.409. The number of carboxylic acid groups (broad SMARTS) is 1. The zero-order valence-electron chi connectivity index (χ0n) is 17.3. The van der Waals surface area contributed by atoms with Gasteiger partial charge in [-0.25, -0.2) is 0 Å². The molecule has 10 heteroatoms. The molecule has 3 rings (SSSR count). The summed E-state index contributed by atoms with van der Waals surface area (Å²) in [5.41, 5.74) is 7.72. The minimum Gasteiger partial charge on any atom is -0.530 e. The number of nitrogens with two attached hydrogens (primary N) is 1. The number of primary amides is 1. The zero-order valence-corrected chi connectivity index (χ0v) is 17.3. The first kappa shape index (κ1) is 23.5. The van der Waals surface area contributed by atoms with Crippen molar-refractivity contribution in [3.63, 3.8) is 0 Å². The van der Waals surface area contributed by atoms with E-state index in [4.69, 9.17) is 5.73 Å². The number of carbonyl (C=O) groups is 2. The highest BCUT2D eigenvalue weighted by molar-refractivity contribution is 5.93. The van der Waals surface area contributed by atoms with Crippen molar-refractivity contribution in [1.29, 1.82) is 0 Å². The molecule has 2 N–H and O–H groups in total. The maximum atomic E-state index is 12.9. The molecule has 1 fully saturated rings. The highest BCUT2D eigenvalue weighted by atomic mass is 19.4. The van der Waals surface area contributed by atoms with Gasteiger partial charge in [0.05, 0.1) is 12.1 Å². The molecule has 1 aliphatic rings. The highest BCUT2D eigenvalue weighted by Gasteiger charge is 2.31. The van der Waals surface area contributed by atoms with Crippen molar-refractivity contribution < 1.29 is 27.9 Å². The Morgan fingerprint density at radius 3 is 2.47 bits per heavy atom. The van der Waals surface area contributed by atoms with Gasteiger partial charge in [0, 0.05) is 49.5 Å². The first-order valence-electron chi connectivity index (χ1n) is 10.2. The van der Waals surface area contributed by atoms with Crippen LogP contribution in [0.3, 0.4) is 0 Å². The smallest absolute Gasteiger partial charge is 0.390 e. The Kier molecular flexibility index (Phi) is 7.34. The summed E-state index contributed by atoms with van der Waals surface area (Å²) in [5, 5.41) is 11.0. The number of rotatable bonds is 7. The molecule has 32 heavy (non-hydrogen) atoms. The van der Waals surface area contributed by atoms with Gasteiger partial charge in [-0.15, -0.1) is 0 Å². The number of halogens is 3. The van der Waals surface area contributed by atoms with Crippen LogP contribution in [0.15, 0.2) is 42.6 Å². The van der Waals surface area contributed by atoms with Gasteiger partial charge in [0.1, 0.15) is 6.09 Å². The van der Waals surface area contributed by atoms with Crippen LogP contribution in [-0.4, -0.2) is 58.6 Å². The van der Waals surface area contributed by atoms with Gasteiger partial charge < -0.3 is 20.5 Å². The molecule has 1 saturated heterocycles. The number of carbonyl (C=O) groups excluding carboxylic acids is 2. The van der Waals surface area contributed by atoms with E-state index in [1.807, 2.05) is 0 Å². The lowest BCUT2D eigenvalue weighted by atomic mass is 10.0. The molecule has 2 heterocycles. The van der Waals surface area contributed by atoms with Crippen molar-refractivity contribution in [2.45, 2.75) is 38.0 Å². The van der Waals surface area contributed by atoms with Crippen molar-refractivity contribution in [2.75, 3.05) is 19.6 Å². The van der Waals surface area contributed by atoms with Gasteiger partial charge in [0.15, 0.2) is 0 Å². The molecule has 0 aliphatic carbocycles. The summed E-state index contributed by atoms with van der Waals surface area (Å²) in [7, 11) is 0. The van der Waals surface area contributed by atoms with Crippen LogP contribution in [0.5, 0.6) is 0 Å². The number of aromatic nitrogens is 1. The number of amides is 2. The molecule has 1 aliphatic heterocycles. The van der Waals surface area contributed by atoms with Crippen LogP contribution in [0.2, 0.25) is 0 Å². The number of likely N-dealkylation sites (tertiary alicyclic amines) is 1. The van der Waals surface area contributed by atoms with Crippen molar-refractivity contribution in [3.8, 4) is 11.3 Å². The van der Waals surface area contributed by atoms with Gasteiger partial charge in [0.25, 0.3) is 0 Å². The molecule has 2 aromatic rings. The molecule has 0 unspecified atom stereocenters. The Bertz CT molecular complexity index is 942. The second-order valence-corrected chi connectivity index (χ2v) is 7.82. The van der Waals surface area contributed by atoms with Gasteiger partial charge in [-0.05, 0) is 36.6 Å². The molecule has 2 amide bonds. The minimum atomic E-state index is -4.28. The summed E-state index contributed by atoms with van der Waals surface area (Å²) in [6.07, 6.45) is -4.00. The fourth-order valence-corrected chi connectivity index (χ4v) is 3.83. The van der Waals surface area contributed by atoms with Crippen LogP contribution in [0.4, 0.5) is 18.0 Å². The summed E-state index contributed by atoms with van der Waals surface area (Å²) >= 11 is 0. The van der Waals surface area contributed by atoms with E-state index >= 15 is 0 Å². The van der Waals surface area contributed by atoms with Gasteiger partial charge in [0.2, 0.25) is 5.91 Å². The maximum Gasteiger partial charge on any atom is 0.390 e. The number of nitrogens with zero attached hydrogens (tertiary/aromatic N) is 3. The normalized spacial score (nSPS) is 15.2. The zero-order chi connectivity index (χ0) is 23.3. The summed E-state index contributed by atoms with van der Waals surface area (Å²) in [6, 6.07) is 10.1. The van der Waals surface area contributed by atoms with Gasteiger partial charge in [-0.3, -0.25) is 14.7 Å². The Morgan fingerprint density at radius 1 is 1.19 bits per heavy atom. The Morgan fingerprint density at radius 2 is 1.91 bits per heavy atom. The van der Waals surface area contributed by atoms with Gasteiger partial charge >= 0.3 is 6.18 Å². The molecular weight excluding hydrogens is 425 g/mol. The van der Waals surface area contributed by atoms with E-state index in [9.17, 15) is 27.9 Å². The van der Waals surface area contributed by atoms with Crippen LogP contribution in [-0.2, 0) is 6.54 Å². The summed E-state index contributed by atoms with van der Waals surface area (Å²) in [4.78, 5) is 29.7. The van der Waals surface area contributed by atoms with Crippen LogP contribution in [0.25, 0.3) is 11.3 Å². The van der Waals surface area contributed by atoms with Crippen LogP contribution in [0, 0.1) is 0 Å². The molecule has 0 atom stereocenters. The minimum absolute atomic E-state index is 0.167. The largest absolute Gasteiger partial charge is 0.530 e. The molecule has 0 saturated carbocycles. The lowest BCUT2D eigenvalue weighted by Gasteiger charge is -2.39. The van der Waals surface area contributed by atoms with Crippen molar-refractivity contribution in [1.82, 2.24) is 14.8 Å². The Labute approximate surface area is 183 Å². The third kappa shape index (κ3) is 6.43. The molecule has 172 valence electrons. The van der Waals surface area contributed by atoms with Crippen molar-refractivity contribution >= 4 is 12.0 Å². The quantitative estimate of drug-likeness (QED) is 0.699. The number of benzene rings is 1. The first-order valence-corrected chi connectivity index (χ1v) is 10.2. The summed E-state index contributed by atoms with van der Waals surface area (Å²) in [6.45, 7) is 0.564. The molecule has 0 spiro atoms. The average Bonchev–Trinajstić information content (AvgIpc) is 2.76. The molecular formula is C22H24F3N4O3-. The summed E-state index contributed by atoms with van der Waals surface area (Å²) in [5.74, 6) is -0.548. The van der Waals surface area contributed by atoms with Crippen LogP contribution < -0.4 is 10.8 Å². The Hall–Kier alpha value is -3.14. The number of hydrogen-bond donors (Lipinski definition) is 1. The van der Waals surface area contributed by atoms with Gasteiger partial charge in [-0.2, -0.15) is 13.2 Å². The second kappa shape index (κ2) is 9.99. The SMILES string of the molecule is NC(=O)c1cccc(-c2ccc(CN(CCC(F)(F)F)C3CCN(C(=O)[O-])CC3)cn2)c1. The number of pyridine rings is 1. The third-order valence-electron chi connectivity index (χ3n) is 5.57. The number of alkyl halides is 3. The van der Waals surface area contributed by atoms with E-state index in [1.165, 1.54) is 4.90 Å². The van der Waals surface area contributed by atoms with Crippen LogP contribution in [0.1, 0.15) is 35.2 Å². The molecule has 0 radical (unpaired) electrons. The standard InChI is InChI=1S/C22H25F3N4O3/c23-22(24,25)8-11-29(18-6-9-28(10-7-18)21(31)32)14-15-4-5-19(27-13-15)16-2-1-3-17(12-16)20(26)30/h1-5,12-13,18H,6-11,14H2,(H2,26,30)(H,31,32)/p-1. The highest BCUT2D eigenvalue weighted by Crippen LogP contribution is 2.25. The predicted octanol–water partition coefficient (Wildman–Crippen LogP) is 2.41. The van der Waals surface area contributed by atoms with E-state index in [0.29, 0.717) is 29.7 Å². The van der Waals surface area contributed by atoms with Crippen molar-refractivity contribution in [2.24, 2.45) is 5.73 Å². The lowest BCUT2D eigenvalue weighted by Crippen LogP contribution is -2.50. The monoisotopic (exact) mass is 449 g/mol. The second-order valence-electron chi connectivity index (χ2n) is 7.82. The van der Waals surface area contributed by atoms with E-state index < -0.39 is 24.6 Å². The molecule has 1 aromatic carbocycles. The van der Waals surface area contributed by atoms with E-state index in [1.54, 1.807) is 47.5 Å². The Balaban J connectivity index is 1.72. The summed E-state index contributed by atoms with van der Waals surface area (Å²) < 4.78 is 38.6. The van der Waals surface area contributed by atoms with E-state index in [0.717, 1.165) is 5.56 Å². The van der Waals surface area contributed by atoms with Crippen molar-refractivity contribution in [3.05, 3.63) is 53.7 Å². The number of hydrogen-bond acceptors (Lipinski definition) is 5. The lowest BCUT2D eigenvalue weighted by molar-refractivity contribution is -0.266. The molecule has 0 bridgehead atoms. The number of piperidine rings is 1. The van der Waals surface area contributed by atoms with E-state index in [-0.39, 0.29) is 32.2 Å². The first-order chi connectivity index (χ1) is 15.1. The fourth-order valence-electron chi connectivity index (χ4n) is 3.83. The molecule has 7 nitrogen and oxygen atoms in total. The van der Waals surface area contributed by atoms with Gasteiger partial charge in [-0.1, -0.05) is 18.2 Å². The predicted molar refractivity (Wildman–Crippen MR) is 109 cm³/mol.